The van der Waals surface area contributed by atoms with Crippen LogP contribution in [0, 0.1) is 11.8 Å². The van der Waals surface area contributed by atoms with Crippen molar-refractivity contribution in [2.24, 2.45) is 0 Å². The van der Waals surface area contributed by atoms with E-state index in [4.69, 9.17) is 9.94 Å². The molecule has 3 N–H and O–H groups in total. The second kappa shape index (κ2) is 11.1. The maximum absolute atomic E-state index is 12.9. The number of likely N-dealkylation sites (N-methyl/N-ethyl adjacent to an activating group) is 2. The van der Waals surface area contributed by atoms with Crippen molar-refractivity contribution in [1.82, 2.24) is 20.6 Å². The van der Waals surface area contributed by atoms with Crippen LogP contribution in [0.15, 0.2) is 48.5 Å². The van der Waals surface area contributed by atoms with Crippen LogP contribution >= 0.6 is 0 Å². The van der Waals surface area contributed by atoms with E-state index >= 15 is 0 Å². The van der Waals surface area contributed by atoms with Crippen molar-refractivity contribution in [2.45, 2.75) is 25.1 Å². The van der Waals surface area contributed by atoms with Gasteiger partial charge >= 0.3 is 0 Å². The van der Waals surface area contributed by atoms with Crippen LogP contribution in [0.3, 0.4) is 0 Å². The lowest BCUT2D eigenvalue weighted by molar-refractivity contribution is -0.148. The number of rotatable bonds is 7. The molecule has 1 fully saturated rings. The fraction of sp³-hybridized carbons (Fsp3) is 0.346. The molecule has 1 aliphatic rings. The Morgan fingerprint density at radius 3 is 2.09 bits per heavy atom. The summed E-state index contributed by atoms with van der Waals surface area (Å²) in [6, 6.07) is 14.6. The minimum absolute atomic E-state index is 0.268. The molecule has 0 saturated carbocycles. The predicted molar refractivity (Wildman–Crippen MR) is 129 cm³/mol. The van der Waals surface area contributed by atoms with E-state index in [0.717, 1.165) is 30.1 Å². The van der Waals surface area contributed by atoms with E-state index in [1.807, 2.05) is 12.1 Å². The quantitative estimate of drug-likeness (QED) is 0.237. The molecule has 0 radical (unpaired) electrons. The highest BCUT2D eigenvalue weighted by atomic mass is 16.5. The first kappa shape index (κ1) is 25.9. The molecule has 0 aromatic heterocycles. The Balaban J connectivity index is 1.65. The van der Waals surface area contributed by atoms with Gasteiger partial charge in [-0.2, -0.15) is 0 Å². The smallest absolute Gasteiger partial charge is 0.278 e. The van der Waals surface area contributed by atoms with Gasteiger partial charge in [-0.15, -0.1) is 0 Å². The van der Waals surface area contributed by atoms with Crippen LogP contribution in [0.4, 0.5) is 0 Å². The summed E-state index contributed by atoms with van der Waals surface area (Å²) in [4.78, 5) is 40.7. The van der Waals surface area contributed by atoms with Gasteiger partial charge in [-0.1, -0.05) is 24.0 Å². The molecule has 9 heteroatoms. The van der Waals surface area contributed by atoms with Crippen LogP contribution in [0.5, 0.6) is 0 Å². The van der Waals surface area contributed by atoms with E-state index in [1.54, 1.807) is 31.4 Å². The molecule has 1 aliphatic heterocycles. The molecule has 0 aliphatic carbocycles. The van der Waals surface area contributed by atoms with Gasteiger partial charge in [0.1, 0.15) is 0 Å². The van der Waals surface area contributed by atoms with Gasteiger partial charge in [0.2, 0.25) is 0 Å². The molecule has 35 heavy (non-hydrogen) atoms. The largest absolute Gasteiger partial charge is 0.379 e. The van der Waals surface area contributed by atoms with Gasteiger partial charge in [-0.25, -0.2) is 5.48 Å². The molecule has 0 bridgehead atoms. The lowest BCUT2D eigenvalue weighted by atomic mass is 9.96. The van der Waals surface area contributed by atoms with Crippen molar-refractivity contribution in [3.05, 3.63) is 70.8 Å². The third-order valence-electron chi connectivity index (χ3n) is 6.29. The second-order valence-electron chi connectivity index (χ2n) is 8.53. The Labute approximate surface area is 205 Å². The number of hydrogen-bond acceptors (Lipinski definition) is 6. The standard InChI is InChI=1S/C26H30N4O5/c1-26(24(32)27-2,25(33)28-34)29(3)23(31)21-13-11-19(12-14-21)6-5-18-7-9-20(10-8-18)15-30-16-22(17-30)35-4/h7-14,22,34H,15-17H2,1-4H3,(H,27,32)(H,28,33). The van der Waals surface area contributed by atoms with Crippen LogP contribution in [0.25, 0.3) is 0 Å². The van der Waals surface area contributed by atoms with Crippen molar-refractivity contribution in [2.75, 3.05) is 34.3 Å². The number of benzene rings is 2. The summed E-state index contributed by atoms with van der Waals surface area (Å²) < 4.78 is 5.30. The molecule has 2 aromatic rings. The molecule has 1 heterocycles. The maximum Gasteiger partial charge on any atom is 0.278 e. The average molecular weight is 479 g/mol. The number of hydroxylamine groups is 1. The van der Waals surface area contributed by atoms with Crippen LogP contribution in [-0.2, 0) is 20.9 Å². The molecular formula is C26H30N4O5. The normalized spacial score (nSPS) is 15.1. The molecule has 0 spiro atoms. The lowest BCUT2D eigenvalue weighted by Gasteiger charge is -2.38. The molecule has 3 rings (SSSR count). The van der Waals surface area contributed by atoms with E-state index in [0.29, 0.717) is 11.7 Å². The van der Waals surface area contributed by atoms with E-state index in [9.17, 15) is 14.4 Å². The first-order chi connectivity index (χ1) is 16.7. The summed E-state index contributed by atoms with van der Waals surface area (Å²) in [7, 11) is 4.40. The van der Waals surface area contributed by atoms with Crippen molar-refractivity contribution >= 4 is 17.7 Å². The third-order valence-corrected chi connectivity index (χ3v) is 6.29. The highest BCUT2D eigenvalue weighted by Crippen LogP contribution is 2.19. The summed E-state index contributed by atoms with van der Waals surface area (Å²) in [5.74, 6) is 3.87. The highest BCUT2D eigenvalue weighted by molar-refractivity contribution is 6.12. The Hall–Kier alpha value is -3.71. The summed E-state index contributed by atoms with van der Waals surface area (Å²) in [6.45, 7) is 4.04. The summed E-state index contributed by atoms with van der Waals surface area (Å²) >= 11 is 0. The number of carbonyl (C=O) groups excluding carboxylic acids is 3. The van der Waals surface area contributed by atoms with Gasteiger partial charge in [0.05, 0.1) is 6.10 Å². The molecule has 1 atom stereocenters. The molecule has 9 nitrogen and oxygen atoms in total. The Morgan fingerprint density at radius 2 is 1.60 bits per heavy atom. The Bertz CT molecular complexity index is 1110. The van der Waals surface area contributed by atoms with E-state index in [-0.39, 0.29) is 5.56 Å². The number of methoxy groups -OCH3 is 1. The van der Waals surface area contributed by atoms with E-state index in [1.165, 1.54) is 32.1 Å². The van der Waals surface area contributed by atoms with Crippen LogP contribution in [0.2, 0.25) is 0 Å². The average Bonchev–Trinajstić information content (AvgIpc) is 2.87. The first-order valence-corrected chi connectivity index (χ1v) is 11.1. The van der Waals surface area contributed by atoms with E-state index in [2.05, 4.69) is 34.2 Å². The van der Waals surface area contributed by atoms with Gasteiger partial charge in [-0.05, 0) is 48.9 Å². The predicted octanol–water partition coefficient (Wildman–Crippen LogP) is 0.999. The third kappa shape index (κ3) is 5.69. The fourth-order valence-corrected chi connectivity index (χ4v) is 3.75. The number of hydrogen-bond donors (Lipinski definition) is 3. The highest BCUT2D eigenvalue weighted by Gasteiger charge is 2.47. The fourth-order valence-electron chi connectivity index (χ4n) is 3.75. The molecular weight excluding hydrogens is 448 g/mol. The molecule has 2 aromatic carbocycles. The second-order valence-corrected chi connectivity index (χ2v) is 8.53. The molecule has 1 saturated heterocycles. The summed E-state index contributed by atoms with van der Waals surface area (Å²) in [5.41, 5.74) is 2.59. The van der Waals surface area contributed by atoms with Crippen molar-refractivity contribution in [1.29, 1.82) is 0 Å². The van der Waals surface area contributed by atoms with Gasteiger partial charge < -0.3 is 15.0 Å². The topological polar surface area (TPSA) is 111 Å². The van der Waals surface area contributed by atoms with Crippen molar-refractivity contribution < 1.29 is 24.3 Å². The summed E-state index contributed by atoms with van der Waals surface area (Å²) in [5, 5.41) is 11.4. The van der Waals surface area contributed by atoms with E-state index < -0.39 is 23.3 Å². The first-order valence-electron chi connectivity index (χ1n) is 11.1. The SMILES string of the molecule is CNC(=O)C(C)(C(=O)NO)N(C)C(=O)c1ccc(C#Cc2ccc(CN3CC(OC)C3)cc2)cc1. The van der Waals surface area contributed by atoms with Gasteiger partial charge in [-0.3, -0.25) is 24.5 Å². The monoisotopic (exact) mass is 478 g/mol. The van der Waals surface area contributed by atoms with Gasteiger partial charge in [0, 0.05) is 57.5 Å². The minimum atomic E-state index is -1.94. The Morgan fingerprint density at radius 1 is 1.06 bits per heavy atom. The Kier molecular flexibility index (Phi) is 8.25. The maximum atomic E-state index is 12.9. The number of likely N-dealkylation sites (tertiary alicyclic amines) is 1. The minimum Gasteiger partial charge on any atom is -0.379 e. The van der Waals surface area contributed by atoms with Crippen molar-refractivity contribution in [3.8, 4) is 11.8 Å². The zero-order valence-corrected chi connectivity index (χ0v) is 20.3. The van der Waals surface area contributed by atoms with Crippen LogP contribution in [-0.4, -0.2) is 78.7 Å². The zero-order chi connectivity index (χ0) is 25.6. The van der Waals surface area contributed by atoms with Gasteiger partial charge in [0.25, 0.3) is 17.7 Å². The van der Waals surface area contributed by atoms with Crippen LogP contribution in [0.1, 0.15) is 34.0 Å². The number of amides is 3. The van der Waals surface area contributed by atoms with Crippen molar-refractivity contribution in [3.63, 3.8) is 0 Å². The number of nitrogens with one attached hydrogen (secondary N) is 2. The zero-order valence-electron chi connectivity index (χ0n) is 20.3. The van der Waals surface area contributed by atoms with Gasteiger partial charge in [0.15, 0.2) is 5.54 Å². The summed E-state index contributed by atoms with van der Waals surface area (Å²) in [6.07, 6.45) is 0.336. The molecule has 184 valence electrons. The molecule has 3 amide bonds. The molecule has 1 unspecified atom stereocenters. The lowest BCUT2D eigenvalue weighted by Crippen LogP contribution is -2.64. The number of nitrogens with zero attached hydrogens (tertiary/aromatic N) is 2. The van der Waals surface area contributed by atoms with Crippen LogP contribution < -0.4 is 10.8 Å². The number of carbonyl (C=O) groups is 3. The number of ether oxygens (including phenoxy) is 1.